The Balaban J connectivity index is 1.72. The summed E-state index contributed by atoms with van der Waals surface area (Å²) in [5.74, 6) is 0. The fourth-order valence-electron chi connectivity index (χ4n) is 1.71. The Hall–Kier alpha value is 0.530. The van der Waals surface area contributed by atoms with Gasteiger partial charge in [-0.1, -0.05) is 35.9 Å². The van der Waals surface area contributed by atoms with Gasteiger partial charge in [-0.05, 0) is 6.42 Å². The topological polar surface area (TPSA) is 46.2 Å². The van der Waals surface area contributed by atoms with Crippen LogP contribution in [0.2, 0.25) is 0 Å². The van der Waals surface area contributed by atoms with Crippen LogP contribution >= 0.6 is 22.6 Å². The highest BCUT2D eigenvalue weighted by molar-refractivity contribution is 14.1. The summed E-state index contributed by atoms with van der Waals surface area (Å²) in [6.45, 7) is 8.23. The molecule has 6 heteroatoms. The molecule has 0 aromatic carbocycles. The minimum Gasteiger partial charge on any atom is -0.379 e. The minimum absolute atomic E-state index is 0.218. The molecule has 0 aromatic heterocycles. The van der Waals surface area contributed by atoms with Gasteiger partial charge >= 0.3 is 0 Å². The van der Waals surface area contributed by atoms with Crippen LogP contribution in [0.5, 0.6) is 0 Å². The van der Waals surface area contributed by atoms with Gasteiger partial charge in [-0.3, -0.25) is 0 Å². The third-order valence-corrected chi connectivity index (χ3v) is 4.07. The van der Waals surface area contributed by atoms with E-state index in [1.807, 2.05) is 0 Å². The normalized spacial score (nSPS) is 22.5. The minimum atomic E-state index is 0.218. The summed E-state index contributed by atoms with van der Waals surface area (Å²) in [6, 6.07) is 0. The van der Waals surface area contributed by atoms with Crippen LogP contribution in [0, 0.1) is 0 Å². The summed E-state index contributed by atoms with van der Waals surface area (Å²) in [4.78, 5) is 0. The lowest BCUT2D eigenvalue weighted by Crippen LogP contribution is -2.24. The van der Waals surface area contributed by atoms with E-state index >= 15 is 0 Å². The average Bonchev–Trinajstić information content (AvgIpc) is 2.85. The predicted octanol–water partition coefficient (Wildman–Crippen LogP) is 2.06. The Morgan fingerprint density at radius 2 is 1.50 bits per heavy atom. The van der Waals surface area contributed by atoms with Gasteiger partial charge in [0.1, 0.15) is 0 Å². The first kappa shape index (κ1) is 18.6. The van der Waals surface area contributed by atoms with Gasteiger partial charge in [0.15, 0.2) is 0 Å². The highest BCUT2D eigenvalue weighted by Crippen LogP contribution is 2.17. The van der Waals surface area contributed by atoms with Crippen LogP contribution in [-0.2, 0) is 23.7 Å². The van der Waals surface area contributed by atoms with E-state index in [1.165, 1.54) is 6.42 Å². The lowest BCUT2D eigenvalue weighted by Gasteiger charge is -2.13. The molecule has 0 aromatic rings. The molecule has 0 spiro atoms. The standard InChI is InChI=1S/C14H27IO5/c1-2-3-4-16-5-6-17-7-8-18-9-10-20-14-12-19-11-13(14)15/h13-14H,2-12H2,1H3. The molecule has 1 fully saturated rings. The summed E-state index contributed by atoms with van der Waals surface area (Å²) in [5, 5.41) is 0. The number of unbranched alkanes of at least 4 members (excludes halogenated alkanes) is 1. The summed E-state index contributed by atoms with van der Waals surface area (Å²) >= 11 is 2.37. The molecular formula is C14H27IO5. The molecule has 0 bridgehead atoms. The van der Waals surface area contributed by atoms with Crippen molar-refractivity contribution < 1.29 is 23.7 Å². The first-order chi connectivity index (χ1) is 9.84. The zero-order chi connectivity index (χ0) is 14.5. The van der Waals surface area contributed by atoms with Crippen molar-refractivity contribution in [1.82, 2.24) is 0 Å². The Bertz CT molecular complexity index is 218. The molecule has 5 nitrogen and oxygen atoms in total. The van der Waals surface area contributed by atoms with E-state index in [2.05, 4.69) is 29.5 Å². The van der Waals surface area contributed by atoms with Crippen molar-refractivity contribution >= 4 is 22.6 Å². The van der Waals surface area contributed by atoms with E-state index in [-0.39, 0.29) is 6.10 Å². The van der Waals surface area contributed by atoms with Crippen molar-refractivity contribution in [1.29, 1.82) is 0 Å². The average molecular weight is 402 g/mol. The number of halogens is 1. The van der Waals surface area contributed by atoms with Gasteiger partial charge in [0.25, 0.3) is 0 Å². The molecule has 0 aliphatic carbocycles. The Morgan fingerprint density at radius 3 is 2.05 bits per heavy atom. The third kappa shape index (κ3) is 9.46. The summed E-state index contributed by atoms with van der Waals surface area (Å²) in [7, 11) is 0. The number of rotatable bonds is 13. The van der Waals surface area contributed by atoms with Crippen molar-refractivity contribution in [2.45, 2.75) is 29.8 Å². The largest absolute Gasteiger partial charge is 0.379 e. The van der Waals surface area contributed by atoms with Crippen LogP contribution in [0.15, 0.2) is 0 Å². The lowest BCUT2D eigenvalue weighted by atomic mass is 10.3. The predicted molar refractivity (Wildman–Crippen MR) is 85.7 cm³/mol. The molecule has 1 aliphatic rings. The van der Waals surface area contributed by atoms with Gasteiger partial charge in [0, 0.05) is 6.61 Å². The molecule has 0 radical (unpaired) electrons. The van der Waals surface area contributed by atoms with E-state index in [1.54, 1.807) is 0 Å². The second kappa shape index (κ2) is 13.2. The smallest absolute Gasteiger partial charge is 0.0949 e. The first-order valence-electron chi connectivity index (χ1n) is 7.41. The monoisotopic (exact) mass is 402 g/mol. The van der Waals surface area contributed by atoms with Crippen LogP contribution in [0.25, 0.3) is 0 Å². The van der Waals surface area contributed by atoms with E-state index in [0.717, 1.165) is 19.6 Å². The molecular weight excluding hydrogens is 375 g/mol. The van der Waals surface area contributed by atoms with Crippen LogP contribution < -0.4 is 0 Å². The zero-order valence-electron chi connectivity index (χ0n) is 12.4. The second-order valence-electron chi connectivity index (χ2n) is 4.65. The summed E-state index contributed by atoms with van der Waals surface area (Å²) < 4.78 is 27.7. The maximum absolute atomic E-state index is 5.68. The molecule has 2 atom stereocenters. The molecule has 0 N–H and O–H groups in total. The van der Waals surface area contributed by atoms with E-state index < -0.39 is 0 Å². The third-order valence-electron chi connectivity index (χ3n) is 2.91. The highest BCUT2D eigenvalue weighted by Gasteiger charge is 2.26. The fraction of sp³-hybridized carbons (Fsp3) is 1.00. The summed E-state index contributed by atoms with van der Waals surface area (Å²) in [5.41, 5.74) is 0. The molecule has 1 heterocycles. The van der Waals surface area contributed by atoms with Crippen molar-refractivity contribution in [2.75, 3.05) is 59.5 Å². The Labute approximate surface area is 135 Å². The molecule has 0 saturated carbocycles. The molecule has 120 valence electrons. The fourth-order valence-corrected chi connectivity index (χ4v) is 2.38. The molecule has 1 rings (SSSR count). The van der Waals surface area contributed by atoms with Crippen LogP contribution in [-0.4, -0.2) is 69.5 Å². The van der Waals surface area contributed by atoms with E-state index in [4.69, 9.17) is 23.7 Å². The van der Waals surface area contributed by atoms with E-state index in [0.29, 0.717) is 50.2 Å². The van der Waals surface area contributed by atoms with Gasteiger partial charge < -0.3 is 23.7 Å². The van der Waals surface area contributed by atoms with Gasteiger partial charge in [-0.15, -0.1) is 0 Å². The first-order valence-corrected chi connectivity index (χ1v) is 8.65. The highest BCUT2D eigenvalue weighted by atomic mass is 127. The zero-order valence-corrected chi connectivity index (χ0v) is 14.5. The van der Waals surface area contributed by atoms with Crippen molar-refractivity contribution in [3.8, 4) is 0 Å². The van der Waals surface area contributed by atoms with Crippen molar-refractivity contribution in [3.05, 3.63) is 0 Å². The van der Waals surface area contributed by atoms with Crippen LogP contribution in [0.4, 0.5) is 0 Å². The van der Waals surface area contributed by atoms with Gasteiger partial charge in [-0.2, -0.15) is 0 Å². The number of ether oxygens (including phenoxy) is 5. The maximum atomic E-state index is 5.68. The summed E-state index contributed by atoms with van der Waals surface area (Å²) in [6.07, 6.45) is 2.51. The molecule has 1 saturated heterocycles. The molecule has 0 amide bonds. The number of hydrogen-bond donors (Lipinski definition) is 0. The second-order valence-corrected chi connectivity index (χ2v) is 6.25. The van der Waals surface area contributed by atoms with Crippen molar-refractivity contribution in [2.24, 2.45) is 0 Å². The molecule has 20 heavy (non-hydrogen) atoms. The van der Waals surface area contributed by atoms with Crippen molar-refractivity contribution in [3.63, 3.8) is 0 Å². The van der Waals surface area contributed by atoms with Gasteiger partial charge in [-0.25, -0.2) is 0 Å². The van der Waals surface area contributed by atoms with E-state index in [9.17, 15) is 0 Å². The van der Waals surface area contributed by atoms with Crippen LogP contribution in [0.1, 0.15) is 19.8 Å². The SMILES string of the molecule is CCCCOCCOCCOCCOC1COCC1I. The quantitative estimate of drug-likeness (QED) is 0.268. The van der Waals surface area contributed by atoms with Gasteiger partial charge in [0.2, 0.25) is 0 Å². The Morgan fingerprint density at radius 1 is 0.900 bits per heavy atom. The number of hydrogen-bond acceptors (Lipinski definition) is 5. The lowest BCUT2D eigenvalue weighted by molar-refractivity contribution is -0.0189. The molecule has 1 aliphatic heterocycles. The molecule has 2 unspecified atom stereocenters. The van der Waals surface area contributed by atoms with Crippen LogP contribution in [0.3, 0.4) is 0 Å². The van der Waals surface area contributed by atoms with Gasteiger partial charge in [0.05, 0.1) is 62.9 Å². The number of alkyl halides is 1. The Kier molecular flexibility index (Phi) is 12.3. The maximum Gasteiger partial charge on any atom is 0.0949 e.